The van der Waals surface area contributed by atoms with Crippen molar-refractivity contribution in [2.24, 2.45) is 0 Å². The second-order valence-corrected chi connectivity index (χ2v) is 14.7. The summed E-state index contributed by atoms with van der Waals surface area (Å²) in [5, 5.41) is 39.4. The van der Waals surface area contributed by atoms with Gasteiger partial charge in [0.2, 0.25) is 17.3 Å². The summed E-state index contributed by atoms with van der Waals surface area (Å²) < 4.78 is 2.43. The second-order valence-electron chi connectivity index (χ2n) is 14.7. The molecule has 0 amide bonds. The SMILES string of the molecule is O=C1C(=O)C(=c2ccc(=C3C=CC(=[N+]4CCCCC4)c4ccccc43)cc2O)C([O-])=C1c1ccc(-c2ccc(N3CCCCC3)c3ccccc23)cc1O. The molecule has 0 aromatic heterocycles. The third-order valence-electron chi connectivity index (χ3n) is 11.5. The van der Waals surface area contributed by atoms with Crippen molar-refractivity contribution in [3.63, 3.8) is 0 Å². The summed E-state index contributed by atoms with van der Waals surface area (Å²) >= 11 is 0. The van der Waals surface area contributed by atoms with E-state index < -0.39 is 28.5 Å². The molecule has 4 aliphatic rings. The molecule has 2 N–H and O–H groups in total. The maximum atomic E-state index is 13.9. The quantitative estimate of drug-likeness (QED) is 0.183. The number of anilines is 1. The highest BCUT2D eigenvalue weighted by molar-refractivity contribution is 6.70. The van der Waals surface area contributed by atoms with Crippen LogP contribution in [0.2, 0.25) is 0 Å². The molecule has 5 aromatic carbocycles. The first kappa shape index (κ1) is 33.6. The third kappa shape index (κ3) is 5.63. The zero-order valence-corrected chi connectivity index (χ0v) is 30.0. The molecule has 5 aromatic rings. The molecular weight excluding hydrogens is 673 g/mol. The molecule has 7 nitrogen and oxygen atoms in total. The van der Waals surface area contributed by atoms with Crippen LogP contribution in [-0.2, 0) is 9.59 Å². The molecule has 0 unspecified atom stereocenters. The number of allylic oxidation sites excluding steroid dienone is 4. The van der Waals surface area contributed by atoms with Crippen molar-refractivity contribution in [3.8, 4) is 22.6 Å². The van der Waals surface area contributed by atoms with Crippen LogP contribution in [0.5, 0.6) is 11.5 Å². The molecule has 0 bridgehead atoms. The van der Waals surface area contributed by atoms with Gasteiger partial charge in [-0.25, -0.2) is 4.58 Å². The second kappa shape index (κ2) is 13.6. The number of ketones is 2. The summed E-state index contributed by atoms with van der Waals surface area (Å²) in [6.07, 6.45) is 11.3. The predicted octanol–water partition coefficient (Wildman–Crippen LogP) is 5.74. The molecule has 2 aliphatic heterocycles. The Labute approximate surface area is 313 Å². The fourth-order valence-corrected chi connectivity index (χ4v) is 8.76. The molecule has 2 fully saturated rings. The number of phenols is 2. The fourth-order valence-electron chi connectivity index (χ4n) is 8.76. The van der Waals surface area contributed by atoms with E-state index in [-0.39, 0.29) is 22.3 Å². The van der Waals surface area contributed by atoms with E-state index in [1.807, 2.05) is 36.4 Å². The Hall–Kier alpha value is -6.21. The lowest BCUT2D eigenvalue weighted by atomic mass is 9.89. The van der Waals surface area contributed by atoms with Gasteiger partial charge in [-0.1, -0.05) is 66.4 Å². The van der Waals surface area contributed by atoms with Crippen molar-refractivity contribution >= 4 is 50.5 Å². The molecule has 0 saturated carbocycles. The van der Waals surface area contributed by atoms with E-state index in [0.29, 0.717) is 0 Å². The van der Waals surface area contributed by atoms with Gasteiger partial charge in [-0.05, 0) is 101 Å². The molecule has 0 spiro atoms. The number of Topliss-reactive ketones (excluding diaryl/α,β-unsaturated/α-hetero) is 2. The van der Waals surface area contributed by atoms with E-state index in [2.05, 4.69) is 45.9 Å². The predicted molar refractivity (Wildman–Crippen MR) is 211 cm³/mol. The molecule has 2 saturated heterocycles. The zero-order chi connectivity index (χ0) is 36.9. The van der Waals surface area contributed by atoms with Crippen LogP contribution in [-0.4, -0.2) is 58.2 Å². The van der Waals surface area contributed by atoms with Crippen LogP contribution in [0.4, 0.5) is 5.69 Å². The summed E-state index contributed by atoms with van der Waals surface area (Å²) in [6.45, 7) is 4.07. The number of hydrogen-bond acceptors (Lipinski definition) is 6. The van der Waals surface area contributed by atoms with Crippen molar-refractivity contribution in [3.05, 3.63) is 142 Å². The van der Waals surface area contributed by atoms with Crippen LogP contribution in [0.15, 0.2) is 115 Å². The molecule has 0 radical (unpaired) electrons. The van der Waals surface area contributed by atoms with E-state index in [0.717, 1.165) is 70.0 Å². The summed E-state index contributed by atoms with van der Waals surface area (Å²) in [5.41, 5.74) is 6.25. The van der Waals surface area contributed by atoms with Crippen LogP contribution >= 0.6 is 0 Å². The van der Waals surface area contributed by atoms with Gasteiger partial charge in [0.05, 0.1) is 5.56 Å². The molecule has 54 heavy (non-hydrogen) atoms. The topological polar surface area (TPSA) is 104 Å². The highest BCUT2D eigenvalue weighted by Gasteiger charge is 2.35. The van der Waals surface area contributed by atoms with Crippen LogP contribution in [0.25, 0.3) is 38.6 Å². The number of carbonyl (C=O) groups is 2. The number of phenolic OH excluding ortho intramolecular Hbond substituents is 2. The molecule has 7 heteroatoms. The van der Waals surface area contributed by atoms with Gasteiger partial charge in [-0.15, -0.1) is 0 Å². The van der Waals surface area contributed by atoms with E-state index in [1.54, 1.807) is 24.3 Å². The van der Waals surface area contributed by atoms with Crippen LogP contribution < -0.4 is 20.4 Å². The van der Waals surface area contributed by atoms with Gasteiger partial charge in [-0.3, -0.25) is 9.59 Å². The monoisotopic (exact) mass is 712 g/mol. The summed E-state index contributed by atoms with van der Waals surface area (Å²) in [7, 11) is 0. The Bertz CT molecular complexity index is 2630. The third-order valence-corrected chi connectivity index (χ3v) is 11.5. The minimum absolute atomic E-state index is 0.0114. The molecule has 2 heterocycles. The first-order chi connectivity index (χ1) is 26.4. The average molecular weight is 713 g/mol. The molecule has 2 aliphatic carbocycles. The van der Waals surface area contributed by atoms with Gasteiger partial charge in [0.15, 0.2) is 0 Å². The number of carbonyl (C=O) groups excluding carboxylic acids is 2. The van der Waals surface area contributed by atoms with Crippen LogP contribution in [0.3, 0.4) is 0 Å². The first-order valence-corrected chi connectivity index (χ1v) is 19.0. The normalized spacial score (nSPS) is 19.6. The Morgan fingerprint density at radius 3 is 2.04 bits per heavy atom. The summed E-state index contributed by atoms with van der Waals surface area (Å²) in [4.78, 5) is 29.3. The molecule has 9 rings (SSSR count). The smallest absolute Gasteiger partial charge is 0.233 e. The molecule has 0 atom stereocenters. The zero-order valence-electron chi connectivity index (χ0n) is 30.0. The maximum Gasteiger partial charge on any atom is 0.233 e. The average Bonchev–Trinajstić information content (AvgIpc) is 3.43. The molecule has 268 valence electrons. The number of rotatable bonds is 3. The van der Waals surface area contributed by atoms with Gasteiger partial charge in [-0.2, -0.15) is 0 Å². The highest BCUT2D eigenvalue weighted by Crippen LogP contribution is 2.40. The molecular formula is C47H40N2O5. The summed E-state index contributed by atoms with van der Waals surface area (Å²) in [5.74, 6) is -3.37. The van der Waals surface area contributed by atoms with Gasteiger partial charge >= 0.3 is 0 Å². The first-order valence-electron chi connectivity index (χ1n) is 19.0. The number of nitrogens with zero attached hydrogens (tertiary/aromatic N) is 2. The lowest BCUT2D eigenvalue weighted by Crippen LogP contribution is -2.29. The van der Waals surface area contributed by atoms with E-state index >= 15 is 0 Å². The standard InChI is InChI=1S/C47H40N2O5/c50-41-27-29(31-19-21-39(48-23-7-1-8-24-48)35-13-5-3-11-33(31)35)15-17-37(41)43-45(52)44(47(54)46(43)53)38-18-16-30(28-42(38)51)32-20-22-40(49-25-9-2-10-26-49)36-14-6-4-12-34(32)36/h3-6,11-22,27-28H,1-2,7-10,23-26H2,(H2,50,51,52,53,54). The Balaban J connectivity index is 1.10. The van der Waals surface area contributed by atoms with Crippen molar-refractivity contribution in [1.82, 2.24) is 0 Å². The number of fused-ring (bicyclic) bond motifs is 2. The maximum absolute atomic E-state index is 13.9. The van der Waals surface area contributed by atoms with Gasteiger partial charge in [0.25, 0.3) is 0 Å². The van der Waals surface area contributed by atoms with Gasteiger partial charge < -0.3 is 20.2 Å². The van der Waals surface area contributed by atoms with E-state index in [4.69, 9.17) is 0 Å². The Morgan fingerprint density at radius 2 is 1.28 bits per heavy atom. The fraction of sp³-hybridized carbons (Fsp3) is 0.213. The Kier molecular flexibility index (Phi) is 8.49. The lowest BCUT2D eigenvalue weighted by Gasteiger charge is -2.30. The number of benzene rings is 5. The van der Waals surface area contributed by atoms with Crippen molar-refractivity contribution in [2.75, 3.05) is 31.1 Å². The van der Waals surface area contributed by atoms with Crippen molar-refractivity contribution in [1.29, 1.82) is 0 Å². The van der Waals surface area contributed by atoms with E-state index in [1.165, 1.54) is 62.1 Å². The van der Waals surface area contributed by atoms with E-state index in [9.17, 15) is 24.9 Å². The summed E-state index contributed by atoms with van der Waals surface area (Å²) in [6, 6.07) is 30.2. The Morgan fingerprint density at radius 1 is 0.593 bits per heavy atom. The van der Waals surface area contributed by atoms with Gasteiger partial charge in [0.1, 0.15) is 24.6 Å². The highest BCUT2D eigenvalue weighted by atomic mass is 16.3. The number of hydrogen-bond donors (Lipinski definition) is 2. The lowest BCUT2D eigenvalue weighted by molar-refractivity contribution is -0.536. The van der Waals surface area contributed by atoms with Crippen molar-refractivity contribution < 1.29 is 29.5 Å². The largest absolute Gasteiger partial charge is 0.871 e. The van der Waals surface area contributed by atoms with Crippen LogP contribution in [0, 0.1) is 0 Å². The number of piperidine rings is 2. The minimum Gasteiger partial charge on any atom is -0.871 e. The van der Waals surface area contributed by atoms with Crippen LogP contribution in [0.1, 0.15) is 55.2 Å². The van der Waals surface area contributed by atoms with Gasteiger partial charge in [0, 0.05) is 65.0 Å². The minimum atomic E-state index is -1.00. The van der Waals surface area contributed by atoms with Crippen molar-refractivity contribution in [2.45, 2.75) is 38.5 Å². The number of aromatic hydroxyl groups is 2.